The van der Waals surface area contributed by atoms with Crippen LogP contribution in [0.15, 0.2) is 36.0 Å². The molecule has 0 aromatic heterocycles. The van der Waals surface area contributed by atoms with E-state index in [1.165, 1.54) is 70.6 Å². The van der Waals surface area contributed by atoms with E-state index in [1.807, 2.05) is 32.1 Å². The Balaban J connectivity index is 3.37. The Bertz CT molecular complexity index is 418. The number of hydrogen-bond acceptors (Lipinski definition) is 2. The third-order valence-electron chi connectivity index (χ3n) is 4.79. The average molecular weight is 377 g/mol. The molecule has 0 unspecified atom stereocenters. The second-order valence-electron chi connectivity index (χ2n) is 7.36. The van der Waals surface area contributed by atoms with Crippen LogP contribution >= 0.6 is 0 Å². The fraction of sp³-hybridized carbons (Fsp3) is 0.720. The van der Waals surface area contributed by atoms with Crippen molar-refractivity contribution in [2.45, 2.75) is 111 Å². The third-order valence-corrected chi connectivity index (χ3v) is 4.79. The summed E-state index contributed by atoms with van der Waals surface area (Å²) in [5.74, 6) is -0.0727. The summed E-state index contributed by atoms with van der Waals surface area (Å²) in [6, 6.07) is 0. The Hall–Kier alpha value is -1.31. The normalized spacial score (nSPS) is 12.3. The fourth-order valence-corrected chi connectivity index (χ4v) is 3.02. The van der Waals surface area contributed by atoms with E-state index in [1.54, 1.807) is 0 Å². The molecule has 0 bridgehead atoms. The largest absolute Gasteiger partial charge is 0.461 e. The van der Waals surface area contributed by atoms with Crippen molar-refractivity contribution < 1.29 is 9.53 Å². The highest BCUT2D eigenvalue weighted by Crippen LogP contribution is 2.10. The van der Waals surface area contributed by atoms with Crippen LogP contribution in [0.5, 0.6) is 0 Å². The molecule has 0 amide bonds. The Morgan fingerprint density at radius 3 is 1.89 bits per heavy atom. The van der Waals surface area contributed by atoms with E-state index in [-0.39, 0.29) is 5.97 Å². The smallest absolute Gasteiger partial charge is 0.306 e. The van der Waals surface area contributed by atoms with Gasteiger partial charge in [-0.3, -0.25) is 4.79 Å². The van der Waals surface area contributed by atoms with Gasteiger partial charge in [-0.15, -0.1) is 0 Å². The lowest BCUT2D eigenvalue weighted by Gasteiger charge is -2.05. The molecule has 0 atom stereocenters. The summed E-state index contributed by atoms with van der Waals surface area (Å²) in [4.78, 5) is 11.7. The zero-order valence-corrected chi connectivity index (χ0v) is 18.3. The highest BCUT2D eigenvalue weighted by molar-refractivity contribution is 5.69. The van der Waals surface area contributed by atoms with Gasteiger partial charge in [-0.25, -0.2) is 0 Å². The Morgan fingerprint density at radius 2 is 1.33 bits per heavy atom. The molecular formula is C25H44O2. The lowest BCUT2D eigenvalue weighted by atomic mass is 10.1. The number of allylic oxidation sites excluding steroid dienone is 4. The maximum atomic E-state index is 11.7. The van der Waals surface area contributed by atoms with Crippen molar-refractivity contribution in [3.63, 3.8) is 0 Å². The van der Waals surface area contributed by atoms with Crippen molar-refractivity contribution in [1.29, 1.82) is 0 Å². The van der Waals surface area contributed by atoms with E-state index in [4.69, 9.17) is 4.74 Å². The molecule has 0 N–H and O–H groups in total. The minimum absolute atomic E-state index is 0.0727. The van der Waals surface area contributed by atoms with Gasteiger partial charge in [0, 0.05) is 6.42 Å². The van der Waals surface area contributed by atoms with Gasteiger partial charge < -0.3 is 4.74 Å². The Kier molecular flexibility index (Phi) is 20.0. The van der Waals surface area contributed by atoms with Crippen LogP contribution in [-0.2, 0) is 9.53 Å². The van der Waals surface area contributed by atoms with E-state index in [9.17, 15) is 4.79 Å². The van der Waals surface area contributed by atoms with Gasteiger partial charge in [-0.1, -0.05) is 88.7 Å². The molecule has 27 heavy (non-hydrogen) atoms. The predicted octanol–water partition coefficient (Wildman–Crippen LogP) is 8.09. The van der Waals surface area contributed by atoms with E-state index >= 15 is 0 Å². The summed E-state index contributed by atoms with van der Waals surface area (Å²) in [5, 5.41) is 0. The first-order valence-corrected chi connectivity index (χ1v) is 11.3. The summed E-state index contributed by atoms with van der Waals surface area (Å²) in [7, 11) is 0. The van der Waals surface area contributed by atoms with Crippen LogP contribution in [0.1, 0.15) is 111 Å². The quantitative estimate of drug-likeness (QED) is 0.105. The SMILES string of the molecule is C/C=C\C(=C/C)COC(=O)CCCCCCC/C=C\CCCCCCCC. The van der Waals surface area contributed by atoms with Gasteiger partial charge in [0.25, 0.3) is 0 Å². The van der Waals surface area contributed by atoms with Gasteiger partial charge in [-0.2, -0.15) is 0 Å². The highest BCUT2D eigenvalue weighted by atomic mass is 16.5. The van der Waals surface area contributed by atoms with E-state index in [0.717, 1.165) is 18.4 Å². The molecule has 0 aliphatic heterocycles. The number of esters is 1. The maximum absolute atomic E-state index is 11.7. The topological polar surface area (TPSA) is 26.3 Å². The lowest BCUT2D eigenvalue weighted by molar-refractivity contribution is -0.142. The van der Waals surface area contributed by atoms with Gasteiger partial charge in [0.05, 0.1) is 0 Å². The molecule has 156 valence electrons. The van der Waals surface area contributed by atoms with Gasteiger partial charge in [0.2, 0.25) is 0 Å². The Morgan fingerprint density at radius 1 is 0.778 bits per heavy atom. The first-order chi connectivity index (χ1) is 13.2. The highest BCUT2D eigenvalue weighted by Gasteiger charge is 2.03. The standard InChI is InChI=1S/C25H44O2/c1-4-7-8-9-10-11-12-13-14-15-16-17-18-19-20-22-25(26)27-23-24(6-3)21-5-2/h5-6,13-14,21H,4,7-12,15-20,22-23H2,1-3H3/b14-13-,21-5-,24-6+. The lowest BCUT2D eigenvalue weighted by Crippen LogP contribution is -2.06. The molecule has 0 radical (unpaired) electrons. The molecule has 0 heterocycles. The second-order valence-corrected chi connectivity index (χ2v) is 7.36. The van der Waals surface area contributed by atoms with Gasteiger partial charge >= 0.3 is 5.97 Å². The number of hydrogen-bond donors (Lipinski definition) is 0. The molecule has 0 fully saturated rings. The molecule has 0 aliphatic rings. The van der Waals surface area contributed by atoms with E-state index in [0.29, 0.717) is 13.0 Å². The summed E-state index contributed by atoms with van der Waals surface area (Å²) in [6.45, 7) is 6.60. The molecule has 0 aromatic rings. The number of ether oxygens (including phenoxy) is 1. The first-order valence-electron chi connectivity index (χ1n) is 11.3. The number of carbonyl (C=O) groups is 1. The van der Waals surface area contributed by atoms with Crippen molar-refractivity contribution in [3.05, 3.63) is 36.0 Å². The predicted molar refractivity (Wildman–Crippen MR) is 119 cm³/mol. The zero-order chi connectivity index (χ0) is 20.0. The minimum Gasteiger partial charge on any atom is -0.461 e. The van der Waals surface area contributed by atoms with Crippen molar-refractivity contribution in [2.24, 2.45) is 0 Å². The van der Waals surface area contributed by atoms with Crippen LogP contribution in [0, 0.1) is 0 Å². The summed E-state index contributed by atoms with van der Waals surface area (Å²) in [6.07, 6.45) is 27.7. The Labute approximate surface area is 169 Å². The first kappa shape index (κ1) is 25.7. The molecular weight excluding hydrogens is 332 g/mol. The third kappa shape index (κ3) is 19.3. The molecule has 0 saturated carbocycles. The van der Waals surface area contributed by atoms with Crippen LogP contribution in [0.2, 0.25) is 0 Å². The number of unbranched alkanes of at least 4 members (excludes halogenated alkanes) is 11. The second kappa shape index (κ2) is 21.0. The number of carbonyl (C=O) groups excluding carboxylic acids is 1. The molecule has 2 heteroatoms. The maximum Gasteiger partial charge on any atom is 0.306 e. The zero-order valence-electron chi connectivity index (χ0n) is 18.3. The average Bonchev–Trinajstić information content (AvgIpc) is 2.68. The van der Waals surface area contributed by atoms with Crippen molar-refractivity contribution in [1.82, 2.24) is 0 Å². The van der Waals surface area contributed by atoms with E-state index in [2.05, 4.69) is 19.1 Å². The van der Waals surface area contributed by atoms with Gasteiger partial charge in [0.15, 0.2) is 0 Å². The van der Waals surface area contributed by atoms with Crippen molar-refractivity contribution in [3.8, 4) is 0 Å². The van der Waals surface area contributed by atoms with Crippen LogP contribution < -0.4 is 0 Å². The fourth-order valence-electron chi connectivity index (χ4n) is 3.02. The van der Waals surface area contributed by atoms with Crippen LogP contribution in [0.25, 0.3) is 0 Å². The molecule has 0 spiro atoms. The van der Waals surface area contributed by atoms with Crippen LogP contribution in [0.3, 0.4) is 0 Å². The van der Waals surface area contributed by atoms with Gasteiger partial charge in [-0.05, 0) is 51.5 Å². The van der Waals surface area contributed by atoms with Crippen LogP contribution in [0.4, 0.5) is 0 Å². The monoisotopic (exact) mass is 376 g/mol. The molecule has 0 rings (SSSR count). The molecule has 0 aromatic carbocycles. The minimum atomic E-state index is -0.0727. The van der Waals surface area contributed by atoms with Crippen molar-refractivity contribution >= 4 is 5.97 Å². The van der Waals surface area contributed by atoms with E-state index < -0.39 is 0 Å². The summed E-state index contributed by atoms with van der Waals surface area (Å²) < 4.78 is 5.30. The molecule has 0 aliphatic carbocycles. The summed E-state index contributed by atoms with van der Waals surface area (Å²) >= 11 is 0. The van der Waals surface area contributed by atoms with Crippen molar-refractivity contribution in [2.75, 3.05) is 6.61 Å². The molecule has 0 saturated heterocycles. The van der Waals surface area contributed by atoms with Crippen LogP contribution in [-0.4, -0.2) is 12.6 Å². The molecule has 2 nitrogen and oxygen atoms in total. The number of rotatable bonds is 18. The summed E-state index contributed by atoms with van der Waals surface area (Å²) in [5.41, 5.74) is 1.05. The van der Waals surface area contributed by atoms with Gasteiger partial charge in [0.1, 0.15) is 6.61 Å².